The first-order valence-corrected chi connectivity index (χ1v) is 12.1. The van der Waals surface area contributed by atoms with E-state index in [4.69, 9.17) is 0 Å². The average Bonchev–Trinajstić information content (AvgIpc) is 2.64. The van der Waals surface area contributed by atoms with Gasteiger partial charge in [-0.25, -0.2) is 18.4 Å². The van der Waals surface area contributed by atoms with E-state index in [1.54, 1.807) is 24.3 Å². The first-order valence-electron chi connectivity index (χ1n) is 9.23. The number of sulfone groups is 1. The van der Waals surface area contributed by atoms with Gasteiger partial charge in [-0.15, -0.1) is 0 Å². The Bertz CT molecular complexity index is 1020. The standard InChI is InChI=1S/C20H25BrN4O4S/c1-20(2,3)19-22-11-13(12-23-19)24-18(27)16(9-10-30(4,28)29)25-17(26)14-7-5-6-8-15(14)21/h5-8,11-12,16H,9-10H2,1-4H3,(H,24,27)(H,25,26). The molecular formula is C20H25BrN4O4S. The SMILES string of the molecule is CC(C)(C)c1ncc(NC(=O)C(CCS(C)(=O)=O)NC(=O)c2ccccc2Br)cn1. The molecule has 2 amide bonds. The van der Waals surface area contributed by atoms with Gasteiger partial charge in [-0.05, 0) is 34.5 Å². The fraction of sp³-hybridized carbons (Fsp3) is 0.400. The molecule has 1 aromatic heterocycles. The molecule has 1 atom stereocenters. The van der Waals surface area contributed by atoms with Gasteiger partial charge in [-0.1, -0.05) is 32.9 Å². The molecule has 30 heavy (non-hydrogen) atoms. The quantitative estimate of drug-likeness (QED) is 0.608. The third kappa shape index (κ3) is 7.17. The highest BCUT2D eigenvalue weighted by Gasteiger charge is 2.24. The van der Waals surface area contributed by atoms with Crippen molar-refractivity contribution in [3.63, 3.8) is 0 Å². The highest BCUT2D eigenvalue weighted by Crippen LogP contribution is 2.19. The van der Waals surface area contributed by atoms with Gasteiger partial charge in [0.1, 0.15) is 21.7 Å². The lowest BCUT2D eigenvalue weighted by Crippen LogP contribution is -2.45. The molecule has 10 heteroatoms. The molecule has 2 aromatic rings. The number of rotatable bonds is 7. The Morgan fingerprint density at radius 1 is 1.13 bits per heavy atom. The summed E-state index contributed by atoms with van der Waals surface area (Å²) in [6, 6.07) is 5.70. The molecule has 0 bridgehead atoms. The summed E-state index contributed by atoms with van der Waals surface area (Å²) in [6.07, 6.45) is 3.97. The number of aromatic nitrogens is 2. The topological polar surface area (TPSA) is 118 Å². The van der Waals surface area contributed by atoms with Crippen LogP contribution in [0.4, 0.5) is 5.69 Å². The van der Waals surface area contributed by atoms with Crippen LogP contribution in [-0.2, 0) is 20.0 Å². The Hall–Kier alpha value is -2.33. The maximum Gasteiger partial charge on any atom is 0.253 e. The summed E-state index contributed by atoms with van der Waals surface area (Å²) in [4.78, 5) is 33.9. The van der Waals surface area contributed by atoms with Crippen LogP contribution in [0.3, 0.4) is 0 Å². The number of carbonyl (C=O) groups is 2. The van der Waals surface area contributed by atoms with Crippen molar-refractivity contribution in [3.8, 4) is 0 Å². The molecule has 2 N–H and O–H groups in total. The summed E-state index contributed by atoms with van der Waals surface area (Å²) < 4.78 is 23.7. The molecule has 0 radical (unpaired) electrons. The van der Waals surface area contributed by atoms with Gasteiger partial charge >= 0.3 is 0 Å². The molecule has 0 aliphatic carbocycles. The summed E-state index contributed by atoms with van der Waals surface area (Å²) >= 11 is 3.30. The number of anilines is 1. The molecule has 0 saturated heterocycles. The molecule has 2 rings (SSSR count). The molecule has 0 saturated carbocycles. The third-order valence-electron chi connectivity index (χ3n) is 4.11. The van der Waals surface area contributed by atoms with E-state index in [1.165, 1.54) is 12.4 Å². The van der Waals surface area contributed by atoms with Crippen molar-refractivity contribution in [1.29, 1.82) is 0 Å². The number of halogens is 1. The average molecular weight is 497 g/mol. The first-order chi connectivity index (χ1) is 13.9. The van der Waals surface area contributed by atoms with Crippen molar-refractivity contribution in [3.05, 3.63) is 52.5 Å². The predicted molar refractivity (Wildman–Crippen MR) is 119 cm³/mol. The van der Waals surface area contributed by atoms with Gasteiger partial charge in [0.2, 0.25) is 5.91 Å². The van der Waals surface area contributed by atoms with Gasteiger partial charge < -0.3 is 10.6 Å². The number of carbonyl (C=O) groups excluding carboxylic acids is 2. The lowest BCUT2D eigenvalue weighted by molar-refractivity contribution is -0.118. The minimum atomic E-state index is -3.32. The molecule has 1 unspecified atom stereocenters. The van der Waals surface area contributed by atoms with Crippen molar-refractivity contribution >= 4 is 43.3 Å². The Balaban J connectivity index is 2.18. The van der Waals surface area contributed by atoms with Gasteiger partial charge in [0.25, 0.3) is 5.91 Å². The maximum atomic E-state index is 12.8. The van der Waals surface area contributed by atoms with Gasteiger partial charge in [-0.3, -0.25) is 9.59 Å². The summed E-state index contributed by atoms with van der Waals surface area (Å²) in [5.74, 6) is -0.668. The Morgan fingerprint density at radius 3 is 2.27 bits per heavy atom. The molecule has 0 fully saturated rings. The van der Waals surface area contributed by atoms with Gasteiger partial charge in [-0.2, -0.15) is 0 Å². The van der Waals surface area contributed by atoms with Crippen molar-refractivity contribution in [2.24, 2.45) is 0 Å². The van der Waals surface area contributed by atoms with Crippen LogP contribution in [0.1, 0.15) is 43.4 Å². The van der Waals surface area contributed by atoms with Gasteiger partial charge in [0.05, 0.1) is 29.4 Å². The number of hydrogen-bond acceptors (Lipinski definition) is 6. The van der Waals surface area contributed by atoms with Crippen molar-refractivity contribution < 1.29 is 18.0 Å². The van der Waals surface area contributed by atoms with E-state index in [-0.39, 0.29) is 17.6 Å². The molecule has 1 aromatic carbocycles. The first kappa shape index (κ1) is 23.9. The van der Waals surface area contributed by atoms with Gasteiger partial charge in [0, 0.05) is 16.1 Å². The highest BCUT2D eigenvalue weighted by molar-refractivity contribution is 9.10. The molecule has 0 aliphatic heterocycles. The predicted octanol–water partition coefficient (Wildman–Crippen LogP) is 2.71. The molecular weight excluding hydrogens is 472 g/mol. The van der Waals surface area contributed by atoms with E-state index in [0.717, 1.165) is 6.26 Å². The normalized spacial score (nSPS) is 12.8. The van der Waals surface area contributed by atoms with Crippen molar-refractivity contribution in [1.82, 2.24) is 15.3 Å². The molecule has 0 spiro atoms. The third-order valence-corrected chi connectivity index (χ3v) is 5.78. The summed E-state index contributed by atoms with van der Waals surface area (Å²) in [6.45, 7) is 5.91. The Kier molecular flexibility index (Phi) is 7.70. The van der Waals surface area contributed by atoms with E-state index in [0.29, 0.717) is 21.5 Å². The van der Waals surface area contributed by atoms with Crippen LogP contribution in [0, 0.1) is 0 Å². The van der Waals surface area contributed by atoms with E-state index in [9.17, 15) is 18.0 Å². The second-order valence-corrected chi connectivity index (χ2v) is 11.1. The molecule has 8 nitrogen and oxygen atoms in total. The van der Waals surface area contributed by atoms with Crippen molar-refractivity contribution in [2.75, 3.05) is 17.3 Å². The van der Waals surface area contributed by atoms with E-state index >= 15 is 0 Å². The van der Waals surface area contributed by atoms with Crippen LogP contribution in [-0.4, -0.2) is 48.3 Å². The van der Waals surface area contributed by atoms with Crippen LogP contribution in [0.2, 0.25) is 0 Å². The Morgan fingerprint density at radius 2 is 1.73 bits per heavy atom. The van der Waals surface area contributed by atoms with Gasteiger partial charge in [0.15, 0.2) is 0 Å². The number of hydrogen-bond donors (Lipinski definition) is 2. The number of benzene rings is 1. The smallest absolute Gasteiger partial charge is 0.253 e. The van der Waals surface area contributed by atoms with E-state index in [1.807, 2.05) is 20.8 Å². The van der Waals surface area contributed by atoms with Crippen molar-refractivity contribution in [2.45, 2.75) is 38.6 Å². The maximum absolute atomic E-state index is 12.8. The minimum absolute atomic E-state index is 0.0677. The van der Waals surface area contributed by atoms with E-state index in [2.05, 4.69) is 36.5 Å². The van der Waals surface area contributed by atoms with Crippen LogP contribution >= 0.6 is 15.9 Å². The number of nitrogens with zero attached hydrogens (tertiary/aromatic N) is 2. The zero-order chi connectivity index (χ0) is 22.5. The monoisotopic (exact) mass is 496 g/mol. The van der Waals surface area contributed by atoms with Crippen LogP contribution in [0.15, 0.2) is 41.1 Å². The lowest BCUT2D eigenvalue weighted by atomic mass is 9.96. The highest BCUT2D eigenvalue weighted by atomic mass is 79.9. The molecule has 0 aliphatic rings. The largest absolute Gasteiger partial charge is 0.340 e. The molecule has 162 valence electrons. The zero-order valence-corrected chi connectivity index (χ0v) is 19.7. The minimum Gasteiger partial charge on any atom is -0.340 e. The molecule has 1 heterocycles. The summed E-state index contributed by atoms with van der Waals surface area (Å²) in [7, 11) is -3.32. The van der Waals surface area contributed by atoms with Crippen LogP contribution in [0.25, 0.3) is 0 Å². The second kappa shape index (κ2) is 9.65. The zero-order valence-electron chi connectivity index (χ0n) is 17.3. The number of nitrogens with one attached hydrogen (secondary N) is 2. The lowest BCUT2D eigenvalue weighted by Gasteiger charge is -2.19. The number of amides is 2. The van der Waals surface area contributed by atoms with E-state index < -0.39 is 27.7 Å². The fourth-order valence-corrected chi connectivity index (χ4v) is 3.62. The second-order valence-electron chi connectivity index (χ2n) is 7.96. The summed E-state index contributed by atoms with van der Waals surface area (Å²) in [5.41, 5.74) is 0.456. The summed E-state index contributed by atoms with van der Waals surface area (Å²) in [5, 5.41) is 5.26. The fourth-order valence-electron chi connectivity index (χ4n) is 2.49. The van der Waals surface area contributed by atoms with Crippen LogP contribution in [0.5, 0.6) is 0 Å². The Labute approximate surface area is 184 Å². The van der Waals surface area contributed by atoms with Crippen LogP contribution < -0.4 is 10.6 Å².